The Morgan fingerprint density at radius 2 is 1.79 bits per heavy atom. The number of ether oxygens (including phenoxy) is 1. The number of esters is 1. The SMILES string of the molecule is O=C(OC1CC2(C1)CN(CCCCn1nnc3cc(CNC[C@H](O)c4ccc(O)c5[nH]c(=O)ccc45)ccc31)C2)C(O)(c1cccs1)c1cccs1. The van der Waals surface area contributed by atoms with Crippen molar-refractivity contribution in [2.75, 3.05) is 26.2 Å². The van der Waals surface area contributed by atoms with Crippen LogP contribution in [0.2, 0.25) is 0 Å². The molecule has 12 nitrogen and oxygen atoms in total. The van der Waals surface area contributed by atoms with Crippen molar-refractivity contribution < 1.29 is 24.9 Å². The molecule has 0 amide bonds. The maximum Gasteiger partial charge on any atom is 0.349 e. The molecule has 52 heavy (non-hydrogen) atoms. The quantitative estimate of drug-likeness (QED) is 0.0785. The van der Waals surface area contributed by atoms with Gasteiger partial charge in [-0.25, -0.2) is 9.48 Å². The van der Waals surface area contributed by atoms with E-state index in [2.05, 4.69) is 25.5 Å². The number of phenols is 1. The van der Waals surface area contributed by atoms with Gasteiger partial charge >= 0.3 is 5.97 Å². The summed E-state index contributed by atoms with van der Waals surface area (Å²) >= 11 is 2.71. The predicted molar refractivity (Wildman–Crippen MR) is 199 cm³/mol. The number of rotatable bonds is 14. The molecule has 1 aliphatic carbocycles. The highest BCUT2D eigenvalue weighted by Crippen LogP contribution is 2.50. The number of pyridine rings is 1. The number of aromatic amines is 1. The fourth-order valence-electron chi connectivity index (χ4n) is 7.74. The summed E-state index contributed by atoms with van der Waals surface area (Å²) in [6, 6.07) is 19.4. The van der Waals surface area contributed by atoms with Crippen LogP contribution in [0.15, 0.2) is 82.3 Å². The average Bonchev–Trinajstić information content (AvgIpc) is 3.91. The summed E-state index contributed by atoms with van der Waals surface area (Å²) in [4.78, 5) is 31.2. The van der Waals surface area contributed by atoms with Gasteiger partial charge in [-0.1, -0.05) is 29.5 Å². The minimum Gasteiger partial charge on any atom is -0.506 e. The second-order valence-corrected chi connectivity index (χ2v) is 16.0. The van der Waals surface area contributed by atoms with Gasteiger partial charge < -0.3 is 35.3 Å². The summed E-state index contributed by atoms with van der Waals surface area (Å²) in [7, 11) is 0. The second-order valence-electron chi connectivity index (χ2n) is 14.1. The van der Waals surface area contributed by atoms with Crippen molar-refractivity contribution in [2.45, 2.75) is 56.6 Å². The number of hydrogen-bond donors (Lipinski definition) is 5. The van der Waals surface area contributed by atoms with Crippen molar-refractivity contribution in [1.82, 2.24) is 30.2 Å². The molecule has 1 saturated heterocycles. The van der Waals surface area contributed by atoms with Crippen LogP contribution in [0, 0.1) is 5.41 Å². The van der Waals surface area contributed by atoms with Gasteiger partial charge in [0.1, 0.15) is 17.4 Å². The average molecular weight is 741 g/mol. The van der Waals surface area contributed by atoms with Crippen LogP contribution in [-0.2, 0) is 28.2 Å². The minimum atomic E-state index is -1.76. The number of thiophene rings is 2. The van der Waals surface area contributed by atoms with Crippen LogP contribution in [0.3, 0.4) is 0 Å². The Labute approximate surface area is 307 Å². The van der Waals surface area contributed by atoms with Gasteiger partial charge in [0.2, 0.25) is 11.2 Å². The van der Waals surface area contributed by atoms with E-state index in [9.17, 15) is 24.9 Å². The molecule has 1 saturated carbocycles. The van der Waals surface area contributed by atoms with Crippen LogP contribution in [0.1, 0.15) is 52.7 Å². The maximum atomic E-state index is 13.3. The van der Waals surface area contributed by atoms with E-state index in [1.165, 1.54) is 34.8 Å². The molecule has 0 radical (unpaired) electrons. The van der Waals surface area contributed by atoms with Crippen LogP contribution in [0.5, 0.6) is 5.75 Å². The van der Waals surface area contributed by atoms with Crippen LogP contribution in [-0.4, -0.2) is 78.4 Å². The van der Waals surface area contributed by atoms with Gasteiger partial charge in [-0.3, -0.25) is 4.79 Å². The Balaban J connectivity index is 0.758. The van der Waals surface area contributed by atoms with Crippen LogP contribution in [0.4, 0.5) is 0 Å². The number of fused-ring (bicyclic) bond motifs is 2. The molecular formula is C38H40N6O6S2. The number of likely N-dealkylation sites (tertiary alicyclic amines) is 1. The number of aryl methyl sites for hydroxylation is 1. The molecule has 1 atom stereocenters. The summed E-state index contributed by atoms with van der Waals surface area (Å²) in [5, 5.41) is 48.9. The van der Waals surface area contributed by atoms with E-state index in [4.69, 9.17) is 4.74 Å². The summed E-state index contributed by atoms with van der Waals surface area (Å²) in [6.45, 7) is 4.61. The Bertz CT molecular complexity index is 2200. The van der Waals surface area contributed by atoms with Crippen molar-refractivity contribution in [3.05, 3.63) is 109 Å². The lowest BCUT2D eigenvalue weighted by Crippen LogP contribution is -2.64. The van der Waals surface area contributed by atoms with E-state index >= 15 is 0 Å². The van der Waals surface area contributed by atoms with E-state index in [-0.39, 0.29) is 29.4 Å². The number of aromatic hydroxyl groups is 1. The van der Waals surface area contributed by atoms with Gasteiger partial charge in [-0.05, 0) is 90.5 Å². The molecule has 2 aliphatic rings. The molecule has 8 rings (SSSR count). The molecule has 0 unspecified atom stereocenters. The minimum absolute atomic E-state index is 0.0381. The highest BCUT2D eigenvalue weighted by atomic mass is 32.1. The highest BCUT2D eigenvalue weighted by molar-refractivity contribution is 7.12. The molecule has 0 bridgehead atoms. The van der Waals surface area contributed by atoms with Crippen LogP contribution < -0.4 is 10.9 Å². The molecule has 5 N–H and O–H groups in total. The summed E-state index contributed by atoms with van der Waals surface area (Å²) < 4.78 is 7.82. The predicted octanol–water partition coefficient (Wildman–Crippen LogP) is 4.65. The first kappa shape index (κ1) is 34.6. The van der Waals surface area contributed by atoms with Gasteiger partial charge in [0.25, 0.3) is 0 Å². The number of nitrogens with zero attached hydrogens (tertiary/aromatic N) is 4. The summed E-state index contributed by atoms with van der Waals surface area (Å²) in [5.41, 5.74) is 1.89. The van der Waals surface area contributed by atoms with Crippen molar-refractivity contribution >= 4 is 50.6 Å². The first-order chi connectivity index (χ1) is 25.2. The molecule has 2 aromatic carbocycles. The smallest absolute Gasteiger partial charge is 0.349 e. The number of benzene rings is 2. The fourth-order valence-corrected chi connectivity index (χ4v) is 9.45. The number of nitrogens with one attached hydrogen (secondary N) is 2. The van der Waals surface area contributed by atoms with E-state index < -0.39 is 17.7 Å². The zero-order valence-electron chi connectivity index (χ0n) is 28.4. The number of phenolic OH excluding ortho intramolecular Hbond substituents is 1. The molecule has 5 heterocycles. The molecule has 6 aromatic rings. The van der Waals surface area contributed by atoms with E-state index in [0.29, 0.717) is 32.8 Å². The molecule has 1 aliphatic heterocycles. The van der Waals surface area contributed by atoms with E-state index in [1.807, 2.05) is 45.8 Å². The number of aliphatic hydroxyl groups excluding tert-OH is 1. The van der Waals surface area contributed by atoms with Crippen LogP contribution in [0.25, 0.3) is 21.9 Å². The Morgan fingerprint density at radius 3 is 2.52 bits per heavy atom. The number of H-pyrrole nitrogens is 1. The number of carbonyl (C=O) groups excluding carboxylic acids is 1. The van der Waals surface area contributed by atoms with Crippen molar-refractivity contribution in [2.24, 2.45) is 5.41 Å². The topological polar surface area (TPSA) is 166 Å². The summed E-state index contributed by atoms with van der Waals surface area (Å²) in [5.74, 6) is -0.623. The zero-order valence-corrected chi connectivity index (χ0v) is 30.0. The molecular weight excluding hydrogens is 701 g/mol. The van der Waals surface area contributed by atoms with Gasteiger partial charge in [0.15, 0.2) is 0 Å². The molecule has 2 fully saturated rings. The standard InChI is InChI=1S/C38H40N6O6S2/c45-30-11-8-26(27-9-12-34(47)40-35(27)30)31(46)21-39-20-24-7-10-29-28(17-24)41-42-44(29)14-2-1-13-43-22-37(23-43)18-25(19-37)50-36(48)38(49,32-5-3-15-51-32)33-6-4-16-52-33/h3-12,15-17,25,31,39,45-46,49H,1-2,13-14,18-23H2,(H,40,47)/t31-/m0/s1. The first-order valence-electron chi connectivity index (χ1n) is 17.5. The number of unbranched alkanes of at least 4 members (excludes halogenated alkanes) is 1. The molecule has 1 spiro atoms. The number of aliphatic hydroxyl groups is 2. The molecule has 4 aromatic heterocycles. The van der Waals surface area contributed by atoms with Gasteiger partial charge in [0.05, 0.1) is 26.9 Å². The summed E-state index contributed by atoms with van der Waals surface area (Å²) in [6.07, 6.45) is 2.69. The number of aromatic nitrogens is 4. The normalized spacial score (nSPS) is 16.7. The fraction of sp³-hybridized carbons (Fsp3) is 0.368. The lowest BCUT2D eigenvalue weighted by molar-refractivity contribution is -0.191. The third kappa shape index (κ3) is 6.66. The molecule has 270 valence electrons. The van der Waals surface area contributed by atoms with Gasteiger partial charge in [-0.2, -0.15) is 0 Å². The van der Waals surface area contributed by atoms with Crippen LogP contribution >= 0.6 is 22.7 Å². The van der Waals surface area contributed by atoms with Crippen molar-refractivity contribution in [1.29, 1.82) is 0 Å². The Hall–Kier alpha value is -4.44. The molecule has 14 heteroatoms. The van der Waals surface area contributed by atoms with Crippen molar-refractivity contribution in [3.63, 3.8) is 0 Å². The lowest BCUT2D eigenvalue weighted by Gasteiger charge is -2.58. The van der Waals surface area contributed by atoms with Crippen molar-refractivity contribution in [3.8, 4) is 5.75 Å². The third-order valence-electron chi connectivity index (χ3n) is 10.4. The first-order valence-corrected chi connectivity index (χ1v) is 19.3. The van der Waals surface area contributed by atoms with Gasteiger partial charge in [0, 0.05) is 49.6 Å². The number of hydrogen-bond acceptors (Lipinski definition) is 12. The lowest BCUT2D eigenvalue weighted by atomic mass is 9.61. The largest absolute Gasteiger partial charge is 0.506 e. The monoisotopic (exact) mass is 740 g/mol. The second kappa shape index (κ2) is 14.2. The zero-order chi connectivity index (χ0) is 35.9. The highest BCUT2D eigenvalue weighted by Gasteiger charge is 2.55. The Kier molecular flexibility index (Phi) is 9.44. The maximum absolute atomic E-state index is 13.3. The van der Waals surface area contributed by atoms with Gasteiger partial charge in [-0.15, -0.1) is 27.8 Å². The van der Waals surface area contributed by atoms with E-state index in [1.54, 1.807) is 24.3 Å². The number of carbonyl (C=O) groups is 1. The Morgan fingerprint density at radius 1 is 1.04 bits per heavy atom. The van der Waals surface area contributed by atoms with E-state index in [0.717, 1.165) is 68.5 Å². The third-order valence-corrected chi connectivity index (χ3v) is 12.3.